The van der Waals surface area contributed by atoms with Crippen LogP contribution in [0.1, 0.15) is 25.0 Å². The normalized spacial score (nSPS) is 11.8. The van der Waals surface area contributed by atoms with Gasteiger partial charge in [-0.15, -0.1) is 0 Å². The lowest BCUT2D eigenvalue weighted by Crippen LogP contribution is -2.41. The number of halogens is 1. The Hall–Kier alpha value is -1.46. The molecular formula is C16H26FN3O. The summed E-state index contributed by atoms with van der Waals surface area (Å²) in [5, 5.41) is 2.85. The third-order valence-electron chi connectivity index (χ3n) is 3.38. The molecule has 1 aromatic rings. The SMILES string of the molecule is Cc1cc(CNC(=O)CN(C)CC(C)(C)CN)ccc1F. The highest BCUT2D eigenvalue weighted by atomic mass is 19.1. The number of benzene rings is 1. The molecule has 0 aliphatic rings. The van der Waals surface area contributed by atoms with Crippen LogP contribution in [0.2, 0.25) is 0 Å². The van der Waals surface area contributed by atoms with Crippen LogP contribution in [-0.2, 0) is 11.3 Å². The monoisotopic (exact) mass is 295 g/mol. The van der Waals surface area contributed by atoms with E-state index in [0.717, 1.165) is 12.1 Å². The third kappa shape index (κ3) is 6.23. The van der Waals surface area contributed by atoms with Gasteiger partial charge in [0.25, 0.3) is 0 Å². The molecule has 0 bridgehead atoms. The third-order valence-corrected chi connectivity index (χ3v) is 3.38. The van der Waals surface area contributed by atoms with E-state index in [-0.39, 0.29) is 17.1 Å². The van der Waals surface area contributed by atoms with E-state index in [1.54, 1.807) is 19.1 Å². The van der Waals surface area contributed by atoms with Crippen LogP contribution in [0, 0.1) is 18.2 Å². The van der Waals surface area contributed by atoms with Gasteiger partial charge in [0.15, 0.2) is 0 Å². The molecule has 1 amide bonds. The highest BCUT2D eigenvalue weighted by molar-refractivity contribution is 5.77. The Morgan fingerprint density at radius 1 is 1.43 bits per heavy atom. The number of aryl methyl sites for hydroxylation is 1. The van der Waals surface area contributed by atoms with Gasteiger partial charge in [0.05, 0.1) is 6.54 Å². The molecule has 3 N–H and O–H groups in total. The van der Waals surface area contributed by atoms with Crippen molar-refractivity contribution in [3.8, 4) is 0 Å². The summed E-state index contributed by atoms with van der Waals surface area (Å²) in [6, 6.07) is 4.85. The first kappa shape index (κ1) is 17.6. The molecule has 0 unspecified atom stereocenters. The van der Waals surface area contributed by atoms with Gasteiger partial charge in [0, 0.05) is 13.1 Å². The van der Waals surface area contributed by atoms with Gasteiger partial charge >= 0.3 is 0 Å². The Bertz CT molecular complexity index is 488. The average Bonchev–Trinajstić information content (AvgIpc) is 2.39. The minimum Gasteiger partial charge on any atom is -0.351 e. The van der Waals surface area contributed by atoms with Crippen molar-refractivity contribution in [2.24, 2.45) is 11.1 Å². The van der Waals surface area contributed by atoms with Crippen LogP contribution in [-0.4, -0.2) is 37.5 Å². The van der Waals surface area contributed by atoms with Crippen molar-refractivity contribution in [1.29, 1.82) is 0 Å². The van der Waals surface area contributed by atoms with Crippen LogP contribution < -0.4 is 11.1 Å². The first-order valence-electron chi connectivity index (χ1n) is 7.14. The molecule has 5 heteroatoms. The molecule has 0 atom stereocenters. The van der Waals surface area contributed by atoms with Crippen molar-refractivity contribution < 1.29 is 9.18 Å². The van der Waals surface area contributed by atoms with Crippen molar-refractivity contribution >= 4 is 5.91 Å². The smallest absolute Gasteiger partial charge is 0.234 e. The van der Waals surface area contributed by atoms with E-state index in [2.05, 4.69) is 19.2 Å². The summed E-state index contributed by atoms with van der Waals surface area (Å²) in [6.07, 6.45) is 0. The number of hydrogen-bond donors (Lipinski definition) is 2. The highest BCUT2D eigenvalue weighted by Crippen LogP contribution is 2.13. The van der Waals surface area contributed by atoms with Gasteiger partial charge in [-0.05, 0) is 43.1 Å². The van der Waals surface area contributed by atoms with Crippen LogP contribution in [0.15, 0.2) is 18.2 Å². The lowest BCUT2D eigenvalue weighted by Gasteiger charge is -2.28. The Balaban J connectivity index is 2.42. The van der Waals surface area contributed by atoms with Gasteiger partial charge in [0.1, 0.15) is 5.82 Å². The maximum Gasteiger partial charge on any atom is 0.234 e. The minimum absolute atomic E-state index is 0.0108. The van der Waals surface area contributed by atoms with Crippen molar-refractivity contribution in [2.45, 2.75) is 27.3 Å². The minimum atomic E-state index is -0.228. The molecule has 0 aliphatic heterocycles. The molecule has 118 valence electrons. The van der Waals surface area contributed by atoms with Gasteiger partial charge in [0.2, 0.25) is 5.91 Å². The number of nitrogens with one attached hydrogen (secondary N) is 1. The van der Waals surface area contributed by atoms with Crippen molar-refractivity contribution in [1.82, 2.24) is 10.2 Å². The molecule has 1 rings (SSSR count). The van der Waals surface area contributed by atoms with Crippen LogP contribution in [0.4, 0.5) is 4.39 Å². The van der Waals surface area contributed by atoms with Gasteiger partial charge in [-0.25, -0.2) is 4.39 Å². The van der Waals surface area contributed by atoms with Crippen LogP contribution in [0.3, 0.4) is 0 Å². The lowest BCUT2D eigenvalue weighted by atomic mass is 9.93. The van der Waals surface area contributed by atoms with Crippen molar-refractivity contribution in [2.75, 3.05) is 26.7 Å². The molecular weight excluding hydrogens is 269 g/mol. The maximum absolute atomic E-state index is 13.2. The van der Waals surface area contributed by atoms with E-state index in [4.69, 9.17) is 5.73 Å². The van der Waals surface area contributed by atoms with E-state index in [0.29, 0.717) is 25.2 Å². The molecule has 0 heterocycles. The molecule has 0 aliphatic carbocycles. The fourth-order valence-electron chi connectivity index (χ4n) is 2.17. The van der Waals surface area contributed by atoms with Crippen LogP contribution >= 0.6 is 0 Å². The molecule has 4 nitrogen and oxygen atoms in total. The summed E-state index contributed by atoms with van der Waals surface area (Å²) in [4.78, 5) is 13.9. The van der Waals surface area contributed by atoms with Gasteiger partial charge in [-0.2, -0.15) is 0 Å². The van der Waals surface area contributed by atoms with Gasteiger partial charge < -0.3 is 11.1 Å². The number of rotatable bonds is 7. The van der Waals surface area contributed by atoms with Crippen LogP contribution in [0.25, 0.3) is 0 Å². The second-order valence-electron chi connectivity index (χ2n) is 6.40. The summed E-state index contributed by atoms with van der Waals surface area (Å²) in [7, 11) is 1.90. The number of nitrogens with two attached hydrogens (primary N) is 1. The zero-order chi connectivity index (χ0) is 16.0. The lowest BCUT2D eigenvalue weighted by molar-refractivity contribution is -0.122. The van der Waals surface area contributed by atoms with E-state index < -0.39 is 0 Å². The summed E-state index contributed by atoms with van der Waals surface area (Å²) >= 11 is 0. The van der Waals surface area contributed by atoms with Crippen LogP contribution in [0.5, 0.6) is 0 Å². The Morgan fingerprint density at radius 3 is 2.67 bits per heavy atom. The molecule has 0 aromatic heterocycles. The summed E-state index contributed by atoms with van der Waals surface area (Å²) in [5.41, 5.74) is 7.16. The number of carbonyl (C=O) groups excluding carboxylic acids is 1. The predicted molar refractivity (Wildman–Crippen MR) is 83.3 cm³/mol. The summed E-state index contributed by atoms with van der Waals surface area (Å²) in [6.45, 7) is 7.92. The number of carbonyl (C=O) groups is 1. The van der Waals surface area contributed by atoms with Gasteiger partial charge in [-0.3, -0.25) is 9.69 Å². The van der Waals surface area contributed by atoms with E-state index in [9.17, 15) is 9.18 Å². The van der Waals surface area contributed by atoms with E-state index in [1.165, 1.54) is 6.07 Å². The number of nitrogens with zero attached hydrogens (tertiary/aromatic N) is 1. The maximum atomic E-state index is 13.2. The summed E-state index contributed by atoms with van der Waals surface area (Å²) < 4.78 is 13.2. The second kappa shape index (κ2) is 7.52. The topological polar surface area (TPSA) is 58.4 Å². The Labute approximate surface area is 126 Å². The van der Waals surface area contributed by atoms with E-state index >= 15 is 0 Å². The fourth-order valence-corrected chi connectivity index (χ4v) is 2.17. The quantitative estimate of drug-likeness (QED) is 0.804. The molecule has 0 saturated carbocycles. The summed E-state index contributed by atoms with van der Waals surface area (Å²) in [5.74, 6) is -0.277. The number of hydrogen-bond acceptors (Lipinski definition) is 3. The zero-order valence-corrected chi connectivity index (χ0v) is 13.4. The number of amides is 1. The zero-order valence-electron chi connectivity index (χ0n) is 13.4. The predicted octanol–water partition coefficient (Wildman–Crippen LogP) is 1.67. The second-order valence-corrected chi connectivity index (χ2v) is 6.40. The standard InChI is InChI=1S/C16H26FN3O/c1-12-7-13(5-6-14(12)17)8-19-15(21)9-20(4)11-16(2,3)10-18/h5-7H,8-11,18H2,1-4H3,(H,19,21). The fraction of sp³-hybridized carbons (Fsp3) is 0.562. The largest absolute Gasteiger partial charge is 0.351 e. The molecule has 0 saturated heterocycles. The van der Waals surface area contributed by atoms with Crippen molar-refractivity contribution in [3.05, 3.63) is 35.1 Å². The molecule has 0 spiro atoms. The Morgan fingerprint density at radius 2 is 2.10 bits per heavy atom. The van der Waals surface area contributed by atoms with Gasteiger partial charge in [-0.1, -0.05) is 26.0 Å². The molecule has 0 radical (unpaired) electrons. The molecule has 1 aromatic carbocycles. The number of likely N-dealkylation sites (N-methyl/N-ethyl adjacent to an activating group) is 1. The molecule has 0 fully saturated rings. The average molecular weight is 295 g/mol. The molecule has 21 heavy (non-hydrogen) atoms. The van der Waals surface area contributed by atoms with E-state index in [1.807, 2.05) is 11.9 Å². The first-order chi connectivity index (χ1) is 9.73. The highest BCUT2D eigenvalue weighted by Gasteiger charge is 2.19. The van der Waals surface area contributed by atoms with Crippen molar-refractivity contribution in [3.63, 3.8) is 0 Å². The first-order valence-corrected chi connectivity index (χ1v) is 7.14. The Kier molecular flexibility index (Phi) is 6.30.